The van der Waals surface area contributed by atoms with E-state index in [0.717, 1.165) is 29.9 Å². The van der Waals surface area contributed by atoms with Gasteiger partial charge in [-0.1, -0.05) is 18.2 Å². The first-order valence-corrected chi connectivity index (χ1v) is 9.05. The molecular weight excluding hydrogens is 332 g/mol. The Morgan fingerprint density at radius 2 is 2.08 bits per heavy atom. The molecule has 1 amide bonds. The summed E-state index contributed by atoms with van der Waals surface area (Å²) in [7, 11) is 0. The Labute approximate surface area is 150 Å². The maximum atomic E-state index is 13.0. The van der Waals surface area contributed by atoms with E-state index >= 15 is 0 Å². The fraction of sp³-hybridized carbons (Fsp3) is 0.421. The number of ether oxygens (including phenoxy) is 1. The van der Waals surface area contributed by atoms with Crippen LogP contribution < -0.4 is 5.32 Å². The quantitative estimate of drug-likeness (QED) is 0.755. The SMILES string of the molecule is O=C1OC2(CCN(C(=O)[C@@H]3NCCc4[nH]cnc43)CC2)c2ccccc21. The zero-order chi connectivity index (χ0) is 17.7. The van der Waals surface area contributed by atoms with E-state index in [0.29, 0.717) is 31.5 Å². The van der Waals surface area contributed by atoms with Crippen molar-refractivity contribution < 1.29 is 14.3 Å². The van der Waals surface area contributed by atoms with Crippen LogP contribution in [-0.4, -0.2) is 46.4 Å². The molecule has 1 saturated heterocycles. The van der Waals surface area contributed by atoms with Crippen LogP contribution in [0.5, 0.6) is 0 Å². The Morgan fingerprint density at radius 1 is 1.27 bits per heavy atom. The van der Waals surface area contributed by atoms with Gasteiger partial charge in [-0.2, -0.15) is 0 Å². The van der Waals surface area contributed by atoms with Gasteiger partial charge in [-0.05, 0) is 6.07 Å². The molecule has 1 spiro atoms. The third-order valence-electron chi connectivity index (χ3n) is 5.80. The molecule has 3 aliphatic rings. The molecule has 1 aromatic carbocycles. The first-order chi connectivity index (χ1) is 12.7. The van der Waals surface area contributed by atoms with Crippen molar-refractivity contribution in [2.24, 2.45) is 0 Å². The molecule has 26 heavy (non-hydrogen) atoms. The molecule has 2 N–H and O–H groups in total. The predicted molar refractivity (Wildman–Crippen MR) is 92.4 cm³/mol. The summed E-state index contributed by atoms with van der Waals surface area (Å²) in [4.78, 5) is 34.5. The Hall–Kier alpha value is -2.67. The molecule has 7 nitrogen and oxygen atoms in total. The van der Waals surface area contributed by atoms with Crippen molar-refractivity contribution in [1.82, 2.24) is 20.2 Å². The Kier molecular flexibility index (Phi) is 3.40. The van der Waals surface area contributed by atoms with Gasteiger partial charge < -0.3 is 19.9 Å². The van der Waals surface area contributed by atoms with Crippen LogP contribution in [0.2, 0.25) is 0 Å². The standard InChI is InChI=1S/C19H20N4O3/c24-17(16-15-14(5-8-20-16)21-11-22-15)23-9-6-19(7-10-23)13-4-2-1-3-12(13)18(25)26-19/h1-4,11,16,20H,5-10H2,(H,21,22)/t16-/m1/s1. The van der Waals surface area contributed by atoms with Gasteiger partial charge in [0.1, 0.15) is 11.6 Å². The zero-order valence-electron chi connectivity index (χ0n) is 14.3. The minimum absolute atomic E-state index is 0.0468. The van der Waals surface area contributed by atoms with Crippen LogP contribution in [-0.2, 0) is 21.6 Å². The lowest BCUT2D eigenvalue weighted by molar-refractivity contribution is -0.138. The van der Waals surface area contributed by atoms with Crippen LogP contribution in [0.3, 0.4) is 0 Å². The number of hydrogen-bond donors (Lipinski definition) is 2. The summed E-state index contributed by atoms with van der Waals surface area (Å²) in [5.41, 5.74) is 2.88. The Bertz CT molecular complexity index is 882. The summed E-state index contributed by atoms with van der Waals surface area (Å²) in [5.74, 6) is -0.207. The maximum Gasteiger partial charge on any atom is 0.339 e. The van der Waals surface area contributed by atoms with Crippen molar-refractivity contribution in [3.05, 3.63) is 53.1 Å². The minimum Gasteiger partial charge on any atom is -0.450 e. The highest BCUT2D eigenvalue weighted by Crippen LogP contribution is 2.44. The molecule has 0 bridgehead atoms. The number of benzene rings is 1. The van der Waals surface area contributed by atoms with E-state index in [2.05, 4.69) is 15.3 Å². The smallest absolute Gasteiger partial charge is 0.339 e. The number of aromatic amines is 1. The van der Waals surface area contributed by atoms with Gasteiger partial charge in [0.05, 0.1) is 17.6 Å². The summed E-state index contributed by atoms with van der Waals surface area (Å²) in [6, 6.07) is 7.18. The van der Waals surface area contributed by atoms with Crippen LogP contribution >= 0.6 is 0 Å². The van der Waals surface area contributed by atoms with E-state index in [1.807, 2.05) is 29.2 Å². The average molecular weight is 352 g/mol. The highest BCUT2D eigenvalue weighted by atomic mass is 16.6. The summed E-state index contributed by atoms with van der Waals surface area (Å²) in [6.45, 7) is 1.89. The van der Waals surface area contributed by atoms with Crippen molar-refractivity contribution in [2.45, 2.75) is 30.9 Å². The number of amides is 1. The van der Waals surface area contributed by atoms with Gasteiger partial charge in [0, 0.05) is 50.2 Å². The van der Waals surface area contributed by atoms with Crippen LogP contribution in [0.4, 0.5) is 0 Å². The number of fused-ring (bicyclic) bond motifs is 3. The van der Waals surface area contributed by atoms with Gasteiger partial charge in [0.25, 0.3) is 0 Å². The molecule has 0 saturated carbocycles. The number of piperidine rings is 1. The number of nitrogens with one attached hydrogen (secondary N) is 2. The van der Waals surface area contributed by atoms with Gasteiger partial charge in [0.15, 0.2) is 0 Å². The summed E-state index contributed by atoms with van der Waals surface area (Å²) >= 11 is 0. The largest absolute Gasteiger partial charge is 0.450 e. The highest BCUT2D eigenvalue weighted by molar-refractivity contribution is 5.94. The van der Waals surface area contributed by atoms with Gasteiger partial charge in [-0.15, -0.1) is 0 Å². The van der Waals surface area contributed by atoms with E-state index in [9.17, 15) is 9.59 Å². The number of aromatic nitrogens is 2. The monoisotopic (exact) mass is 352 g/mol. The average Bonchev–Trinajstić information content (AvgIpc) is 3.26. The lowest BCUT2D eigenvalue weighted by Gasteiger charge is -2.40. The minimum atomic E-state index is -0.581. The number of H-pyrrole nitrogens is 1. The van der Waals surface area contributed by atoms with E-state index in [-0.39, 0.29) is 11.9 Å². The van der Waals surface area contributed by atoms with Gasteiger partial charge in [-0.25, -0.2) is 9.78 Å². The van der Waals surface area contributed by atoms with Gasteiger partial charge in [0.2, 0.25) is 5.91 Å². The topological polar surface area (TPSA) is 87.3 Å². The predicted octanol–water partition coefficient (Wildman–Crippen LogP) is 1.28. The number of likely N-dealkylation sites (tertiary alicyclic amines) is 1. The highest BCUT2D eigenvalue weighted by Gasteiger charge is 2.48. The van der Waals surface area contributed by atoms with Crippen molar-refractivity contribution >= 4 is 11.9 Å². The summed E-state index contributed by atoms with van der Waals surface area (Å²) in [5, 5.41) is 3.28. The maximum absolute atomic E-state index is 13.0. The third kappa shape index (κ3) is 2.20. The normalized spacial score (nSPS) is 23.5. The molecule has 0 unspecified atom stereocenters. The molecule has 4 heterocycles. The molecule has 1 fully saturated rings. The summed E-state index contributed by atoms with van der Waals surface area (Å²) < 4.78 is 5.77. The molecule has 3 aliphatic heterocycles. The molecular formula is C19H20N4O3. The Morgan fingerprint density at radius 3 is 2.92 bits per heavy atom. The van der Waals surface area contributed by atoms with Crippen molar-refractivity contribution in [2.75, 3.05) is 19.6 Å². The molecule has 1 atom stereocenters. The third-order valence-corrected chi connectivity index (χ3v) is 5.80. The second kappa shape index (κ2) is 5.67. The number of carbonyl (C=O) groups is 2. The number of imidazole rings is 1. The molecule has 1 aromatic heterocycles. The fourth-order valence-corrected chi connectivity index (χ4v) is 4.41. The van der Waals surface area contributed by atoms with Crippen LogP contribution in [0.25, 0.3) is 0 Å². The fourth-order valence-electron chi connectivity index (χ4n) is 4.41. The molecule has 7 heteroatoms. The molecule has 0 aliphatic carbocycles. The molecule has 2 aromatic rings. The van der Waals surface area contributed by atoms with E-state index in [1.54, 1.807) is 6.33 Å². The number of esters is 1. The summed E-state index contributed by atoms with van der Waals surface area (Å²) in [6.07, 6.45) is 3.76. The number of nitrogens with zero attached hydrogens (tertiary/aromatic N) is 2. The first kappa shape index (κ1) is 15.6. The van der Waals surface area contributed by atoms with E-state index in [1.165, 1.54) is 0 Å². The lowest BCUT2D eigenvalue weighted by atomic mass is 9.83. The lowest BCUT2D eigenvalue weighted by Crippen LogP contribution is -2.50. The molecule has 134 valence electrons. The molecule has 5 rings (SSSR count). The van der Waals surface area contributed by atoms with E-state index < -0.39 is 11.6 Å². The van der Waals surface area contributed by atoms with Crippen LogP contribution in [0, 0.1) is 0 Å². The number of rotatable bonds is 1. The van der Waals surface area contributed by atoms with E-state index in [4.69, 9.17) is 4.74 Å². The van der Waals surface area contributed by atoms with Gasteiger partial charge in [-0.3, -0.25) is 4.79 Å². The van der Waals surface area contributed by atoms with Crippen LogP contribution in [0.15, 0.2) is 30.6 Å². The van der Waals surface area contributed by atoms with Crippen molar-refractivity contribution in [3.63, 3.8) is 0 Å². The zero-order valence-corrected chi connectivity index (χ0v) is 14.3. The Balaban J connectivity index is 1.35. The molecule has 0 radical (unpaired) electrons. The number of carbonyl (C=O) groups excluding carboxylic acids is 2. The van der Waals surface area contributed by atoms with Gasteiger partial charge >= 0.3 is 5.97 Å². The van der Waals surface area contributed by atoms with Crippen molar-refractivity contribution in [3.8, 4) is 0 Å². The number of hydrogen-bond acceptors (Lipinski definition) is 5. The first-order valence-electron chi connectivity index (χ1n) is 9.05. The van der Waals surface area contributed by atoms with Crippen LogP contribution in [0.1, 0.15) is 46.2 Å². The second-order valence-corrected chi connectivity index (χ2v) is 7.16. The van der Waals surface area contributed by atoms with Crippen molar-refractivity contribution in [1.29, 1.82) is 0 Å². The second-order valence-electron chi connectivity index (χ2n) is 7.16.